The molecule has 1 amide bonds. The molecule has 0 bridgehead atoms. The van der Waals surface area contributed by atoms with Crippen LogP contribution in [0.1, 0.15) is 32.5 Å². The van der Waals surface area contributed by atoms with Crippen molar-refractivity contribution in [1.82, 2.24) is 0 Å². The molecule has 142 valence electrons. The van der Waals surface area contributed by atoms with Crippen LogP contribution in [0.25, 0.3) is 10.1 Å². The van der Waals surface area contributed by atoms with Crippen LogP contribution < -0.4 is 5.32 Å². The van der Waals surface area contributed by atoms with Crippen LogP contribution >= 0.6 is 11.3 Å². The molecule has 1 atom stereocenters. The Kier molecular flexibility index (Phi) is 4.83. The largest absolute Gasteiger partial charge is 0.462 e. The molecule has 0 fully saturated rings. The maximum absolute atomic E-state index is 12.6. The van der Waals surface area contributed by atoms with Crippen LogP contribution in [0.4, 0.5) is 5.69 Å². The van der Waals surface area contributed by atoms with E-state index in [1.165, 1.54) is 11.3 Å². The van der Waals surface area contributed by atoms with Crippen LogP contribution in [0.15, 0.2) is 48.5 Å². The third kappa shape index (κ3) is 3.48. The minimum Gasteiger partial charge on any atom is -0.462 e. The van der Waals surface area contributed by atoms with E-state index in [9.17, 15) is 14.4 Å². The van der Waals surface area contributed by atoms with E-state index in [1.54, 1.807) is 37.3 Å². The van der Waals surface area contributed by atoms with Crippen molar-refractivity contribution in [2.45, 2.75) is 19.4 Å². The molecule has 0 spiro atoms. The molecular weight excluding hydrogens is 378 g/mol. The summed E-state index contributed by atoms with van der Waals surface area (Å²) in [5.74, 6) is -1.24. The summed E-state index contributed by atoms with van der Waals surface area (Å²) in [4.78, 5) is 37.1. The number of ether oxygens (including phenoxy) is 2. The van der Waals surface area contributed by atoms with Crippen molar-refractivity contribution in [2.75, 3.05) is 11.9 Å². The molecule has 0 saturated heterocycles. The van der Waals surface area contributed by atoms with Gasteiger partial charge in [0.05, 0.1) is 12.2 Å². The minimum absolute atomic E-state index is 0.317. The third-order valence-electron chi connectivity index (χ3n) is 4.44. The number of fused-ring (bicyclic) bond motifs is 2. The van der Waals surface area contributed by atoms with Gasteiger partial charge in [-0.25, -0.2) is 9.59 Å². The zero-order chi connectivity index (χ0) is 19.7. The third-order valence-corrected chi connectivity index (χ3v) is 5.54. The number of benzene rings is 2. The molecule has 2 heterocycles. The molecule has 0 radical (unpaired) electrons. The molecule has 4 rings (SSSR count). The Bertz CT molecular complexity index is 1090. The fourth-order valence-electron chi connectivity index (χ4n) is 3.12. The molecule has 0 unspecified atom stereocenters. The van der Waals surface area contributed by atoms with Gasteiger partial charge in [-0.2, -0.15) is 0 Å². The zero-order valence-corrected chi connectivity index (χ0v) is 15.9. The summed E-state index contributed by atoms with van der Waals surface area (Å²) < 4.78 is 11.2. The van der Waals surface area contributed by atoms with Crippen molar-refractivity contribution in [3.63, 3.8) is 0 Å². The van der Waals surface area contributed by atoms with E-state index < -0.39 is 12.1 Å². The second-order valence-electron chi connectivity index (χ2n) is 6.33. The molecule has 3 aromatic rings. The number of hydrogen-bond acceptors (Lipinski definition) is 6. The predicted octanol–water partition coefficient (Wildman–Crippen LogP) is 3.80. The molecular formula is C21H17NO5S. The van der Waals surface area contributed by atoms with Crippen LogP contribution in [0.3, 0.4) is 0 Å². The number of amides is 1. The number of esters is 2. The SMILES string of the molecule is CCOC(=O)c1cc2cc(NC(=O)[C@@H]3Cc4ccccc4C(=O)O3)ccc2s1. The van der Waals surface area contributed by atoms with Gasteiger partial charge in [0, 0.05) is 16.8 Å². The van der Waals surface area contributed by atoms with Gasteiger partial charge in [0.25, 0.3) is 5.91 Å². The average Bonchev–Trinajstić information content (AvgIpc) is 3.12. The van der Waals surface area contributed by atoms with E-state index in [1.807, 2.05) is 18.2 Å². The number of carbonyl (C=O) groups is 3. The number of rotatable bonds is 4. The summed E-state index contributed by atoms with van der Waals surface area (Å²) in [5.41, 5.74) is 1.87. The highest BCUT2D eigenvalue weighted by Gasteiger charge is 2.31. The van der Waals surface area contributed by atoms with Gasteiger partial charge in [-0.05, 0) is 48.2 Å². The number of carbonyl (C=O) groups excluding carboxylic acids is 3. The average molecular weight is 395 g/mol. The normalized spacial score (nSPS) is 15.6. The van der Waals surface area contributed by atoms with Crippen molar-refractivity contribution in [3.05, 3.63) is 64.5 Å². The summed E-state index contributed by atoms with van der Waals surface area (Å²) in [7, 11) is 0. The van der Waals surface area contributed by atoms with Crippen LogP contribution in [-0.4, -0.2) is 30.6 Å². The molecule has 1 aliphatic rings. The summed E-state index contributed by atoms with van der Waals surface area (Å²) in [6, 6.07) is 14.2. The summed E-state index contributed by atoms with van der Waals surface area (Å²) in [6.45, 7) is 2.08. The monoisotopic (exact) mass is 395 g/mol. The van der Waals surface area contributed by atoms with Crippen molar-refractivity contribution in [3.8, 4) is 0 Å². The van der Waals surface area contributed by atoms with Gasteiger partial charge in [0.1, 0.15) is 4.88 Å². The van der Waals surface area contributed by atoms with Gasteiger partial charge < -0.3 is 14.8 Å². The lowest BCUT2D eigenvalue weighted by atomic mass is 9.98. The van der Waals surface area contributed by atoms with Gasteiger partial charge in [0.2, 0.25) is 0 Å². The molecule has 0 aliphatic carbocycles. The standard InChI is InChI=1S/C21H17NO5S/c1-2-26-21(25)18-11-13-9-14(7-8-17(13)28-18)22-19(23)16-10-12-5-3-4-6-15(12)20(24)27-16/h3-9,11,16H,2,10H2,1H3,(H,22,23)/t16-/m0/s1. The Hall–Kier alpha value is -3.19. The van der Waals surface area contributed by atoms with E-state index in [2.05, 4.69) is 5.32 Å². The second kappa shape index (κ2) is 7.44. The highest BCUT2D eigenvalue weighted by molar-refractivity contribution is 7.20. The van der Waals surface area contributed by atoms with Gasteiger partial charge in [0.15, 0.2) is 6.10 Å². The first-order valence-corrected chi connectivity index (χ1v) is 9.67. The Balaban J connectivity index is 1.51. The Morgan fingerprint density at radius 1 is 1.21 bits per heavy atom. The summed E-state index contributed by atoms with van der Waals surface area (Å²) in [5, 5.41) is 3.62. The summed E-state index contributed by atoms with van der Waals surface area (Å²) in [6.07, 6.45) is -0.544. The van der Waals surface area contributed by atoms with Crippen molar-refractivity contribution in [2.24, 2.45) is 0 Å². The number of hydrogen-bond donors (Lipinski definition) is 1. The first-order chi connectivity index (χ1) is 13.5. The van der Waals surface area contributed by atoms with E-state index >= 15 is 0 Å². The quantitative estimate of drug-likeness (QED) is 0.680. The van der Waals surface area contributed by atoms with Crippen LogP contribution in [0.2, 0.25) is 0 Å². The number of anilines is 1. The Labute approximate surface area is 165 Å². The molecule has 0 saturated carbocycles. The minimum atomic E-state index is -0.879. The predicted molar refractivity (Wildman–Crippen MR) is 106 cm³/mol. The summed E-state index contributed by atoms with van der Waals surface area (Å²) >= 11 is 1.34. The van der Waals surface area contributed by atoms with Crippen molar-refractivity contribution >= 4 is 45.0 Å². The molecule has 6 nitrogen and oxygen atoms in total. The first kappa shape index (κ1) is 18.2. The van der Waals surface area contributed by atoms with E-state index in [-0.39, 0.29) is 11.9 Å². The smallest absolute Gasteiger partial charge is 0.348 e. The van der Waals surface area contributed by atoms with Crippen LogP contribution in [0, 0.1) is 0 Å². The van der Waals surface area contributed by atoms with Crippen LogP contribution in [0.5, 0.6) is 0 Å². The van der Waals surface area contributed by atoms with E-state index in [0.717, 1.165) is 15.6 Å². The molecule has 1 aliphatic heterocycles. The highest BCUT2D eigenvalue weighted by Crippen LogP contribution is 2.29. The van der Waals surface area contributed by atoms with Crippen molar-refractivity contribution in [1.29, 1.82) is 0 Å². The molecule has 28 heavy (non-hydrogen) atoms. The van der Waals surface area contributed by atoms with Gasteiger partial charge in [-0.3, -0.25) is 4.79 Å². The first-order valence-electron chi connectivity index (χ1n) is 8.85. The highest BCUT2D eigenvalue weighted by atomic mass is 32.1. The van der Waals surface area contributed by atoms with Crippen LogP contribution in [-0.2, 0) is 20.7 Å². The Morgan fingerprint density at radius 3 is 2.86 bits per heavy atom. The number of cyclic esters (lactones) is 1. The molecule has 1 aromatic heterocycles. The lowest BCUT2D eigenvalue weighted by molar-refractivity contribution is -0.125. The van der Waals surface area contributed by atoms with E-state index in [0.29, 0.717) is 29.2 Å². The second-order valence-corrected chi connectivity index (χ2v) is 7.41. The maximum atomic E-state index is 12.6. The van der Waals surface area contributed by atoms with Gasteiger partial charge in [-0.15, -0.1) is 11.3 Å². The van der Waals surface area contributed by atoms with E-state index in [4.69, 9.17) is 9.47 Å². The Morgan fingerprint density at radius 2 is 2.04 bits per heavy atom. The van der Waals surface area contributed by atoms with Crippen molar-refractivity contribution < 1.29 is 23.9 Å². The fraction of sp³-hybridized carbons (Fsp3) is 0.190. The van der Waals surface area contributed by atoms with Gasteiger partial charge in [-0.1, -0.05) is 18.2 Å². The maximum Gasteiger partial charge on any atom is 0.348 e. The molecule has 2 aromatic carbocycles. The topological polar surface area (TPSA) is 81.7 Å². The zero-order valence-electron chi connectivity index (χ0n) is 15.1. The van der Waals surface area contributed by atoms with Gasteiger partial charge >= 0.3 is 11.9 Å². The number of nitrogens with one attached hydrogen (secondary N) is 1. The molecule has 7 heteroatoms. The lowest BCUT2D eigenvalue weighted by Gasteiger charge is -2.23. The number of thiophene rings is 1. The fourth-order valence-corrected chi connectivity index (χ4v) is 4.06. The molecule has 1 N–H and O–H groups in total. The lowest BCUT2D eigenvalue weighted by Crippen LogP contribution is -2.37.